The summed E-state index contributed by atoms with van der Waals surface area (Å²) in [7, 11) is 1.37. The average Bonchev–Trinajstić information content (AvgIpc) is 3.47. The molecule has 0 fully saturated rings. The van der Waals surface area contributed by atoms with Crippen molar-refractivity contribution in [3.8, 4) is 11.1 Å². The highest BCUT2D eigenvalue weighted by atomic mass is 35.5. The number of allylic oxidation sites excluding steroid dienone is 1. The Morgan fingerprint density at radius 1 is 1.23 bits per heavy atom. The maximum atomic E-state index is 13.1. The maximum absolute atomic E-state index is 13.1. The van der Waals surface area contributed by atoms with E-state index < -0.39 is 5.60 Å². The number of hydrogen-bond donors (Lipinski definition) is 2. The molecule has 2 heterocycles. The number of methoxy groups -OCH3 is 1. The van der Waals surface area contributed by atoms with Crippen LogP contribution < -0.4 is 10.5 Å². The number of pyridine rings is 1. The SMILES string of the molecule is COC(=O)Cc1ccc(C2=CN=C(C3(O)CCc4cc(-c5cc(Cl)ccc5N)c[n+]([O-])c43)C2)cc1. The molecule has 2 aromatic carbocycles. The summed E-state index contributed by atoms with van der Waals surface area (Å²) < 4.78 is 5.45. The van der Waals surface area contributed by atoms with E-state index in [0.717, 1.165) is 27.0 Å². The summed E-state index contributed by atoms with van der Waals surface area (Å²) in [6, 6.07) is 14.6. The molecule has 1 aromatic heterocycles. The molecule has 0 saturated carbocycles. The molecule has 0 spiro atoms. The molecule has 2 aliphatic rings. The van der Waals surface area contributed by atoms with Gasteiger partial charge in [0.2, 0.25) is 5.69 Å². The van der Waals surface area contributed by atoms with Crippen molar-refractivity contribution in [3.63, 3.8) is 0 Å². The van der Waals surface area contributed by atoms with Crippen LogP contribution in [0.15, 0.2) is 65.9 Å². The van der Waals surface area contributed by atoms with Crippen LogP contribution in [0.2, 0.25) is 5.02 Å². The van der Waals surface area contributed by atoms with Crippen molar-refractivity contribution in [1.29, 1.82) is 0 Å². The van der Waals surface area contributed by atoms with Crippen LogP contribution in [0.5, 0.6) is 0 Å². The Hall–Kier alpha value is -3.68. The summed E-state index contributed by atoms with van der Waals surface area (Å²) in [4.78, 5) is 16.0. The lowest BCUT2D eigenvalue weighted by Crippen LogP contribution is -2.45. The van der Waals surface area contributed by atoms with E-state index in [0.29, 0.717) is 52.5 Å². The standard InChI is InChI=1S/C27H24ClN3O4/c1-35-25(32)10-16-2-4-17(5-3-16)19-12-24(30-14-19)27(33)9-8-18-11-20(15-31(34)26(18)27)22-13-21(28)6-7-23(22)29/h2-7,11,13-15,33H,8-10,12,29H2,1H3. The zero-order valence-corrected chi connectivity index (χ0v) is 19.9. The largest absolute Gasteiger partial charge is 0.618 e. The molecule has 0 bridgehead atoms. The van der Waals surface area contributed by atoms with Gasteiger partial charge in [-0.05, 0) is 53.8 Å². The van der Waals surface area contributed by atoms with E-state index in [4.69, 9.17) is 22.1 Å². The van der Waals surface area contributed by atoms with E-state index >= 15 is 0 Å². The van der Waals surface area contributed by atoms with Crippen LogP contribution in [0.1, 0.15) is 35.2 Å². The van der Waals surface area contributed by atoms with Crippen LogP contribution in [0.3, 0.4) is 0 Å². The van der Waals surface area contributed by atoms with Crippen LogP contribution in [0.25, 0.3) is 16.7 Å². The van der Waals surface area contributed by atoms with Gasteiger partial charge < -0.3 is 20.8 Å². The summed E-state index contributed by atoms with van der Waals surface area (Å²) in [6.45, 7) is 0. The Morgan fingerprint density at radius 2 is 2.00 bits per heavy atom. The minimum Gasteiger partial charge on any atom is -0.618 e. The highest BCUT2D eigenvalue weighted by Crippen LogP contribution is 2.42. The second-order valence-corrected chi connectivity index (χ2v) is 9.31. The molecule has 178 valence electrons. The number of halogens is 1. The van der Waals surface area contributed by atoms with Crippen LogP contribution in [0.4, 0.5) is 5.69 Å². The van der Waals surface area contributed by atoms with Gasteiger partial charge in [-0.2, -0.15) is 4.73 Å². The summed E-state index contributed by atoms with van der Waals surface area (Å²) in [5.74, 6) is -0.294. The van der Waals surface area contributed by atoms with Crippen molar-refractivity contribution in [2.24, 2.45) is 4.99 Å². The average molecular weight is 490 g/mol. The Balaban J connectivity index is 1.38. The van der Waals surface area contributed by atoms with Gasteiger partial charge >= 0.3 is 5.97 Å². The highest BCUT2D eigenvalue weighted by Gasteiger charge is 2.49. The first-order valence-corrected chi connectivity index (χ1v) is 11.6. The van der Waals surface area contributed by atoms with E-state index in [2.05, 4.69) is 4.99 Å². The third-order valence-electron chi connectivity index (χ3n) is 6.70. The number of carbonyl (C=O) groups is 1. The molecule has 3 aromatic rings. The smallest absolute Gasteiger partial charge is 0.309 e. The van der Waals surface area contributed by atoms with Crippen molar-refractivity contribution in [2.45, 2.75) is 31.3 Å². The van der Waals surface area contributed by atoms with E-state index in [1.54, 1.807) is 24.4 Å². The number of esters is 1. The Kier molecular flexibility index (Phi) is 5.83. The van der Waals surface area contributed by atoms with Crippen molar-refractivity contribution in [2.75, 3.05) is 12.8 Å². The molecule has 3 N–H and O–H groups in total. The van der Waals surface area contributed by atoms with Gasteiger partial charge in [0, 0.05) is 40.0 Å². The third-order valence-corrected chi connectivity index (χ3v) is 6.93. The van der Waals surface area contributed by atoms with Crippen molar-refractivity contribution in [3.05, 3.63) is 93.5 Å². The fourth-order valence-electron chi connectivity index (χ4n) is 4.84. The molecular formula is C27H24ClN3O4. The number of benzene rings is 2. The molecule has 5 rings (SSSR count). The summed E-state index contributed by atoms with van der Waals surface area (Å²) >= 11 is 6.13. The molecule has 0 saturated heterocycles. The first-order valence-electron chi connectivity index (χ1n) is 11.2. The monoisotopic (exact) mass is 489 g/mol. The zero-order valence-electron chi connectivity index (χ0n) is 19.1. The summed E-state index contributed by atoms with van der Waals surface area (Å²) in [6.07, 6.45) is 4.71. The number of nitrogen functional groups attached to an aromatic ring is 1. The predicted octanol–water partition coefficient (Wildman–Crippen LogP) is 3.96. The van der Waals surface area contributed by atoms with Crippen LogP contribution in [0, 0.1) is 5.21 Å². The van der Waals surface area contributed by atoms with Gasteiger partial charge in [0.05, 0.1) is 19.2 Å². The molecule has 35 heavy (non-hydrogen) atoms. The number of aromatic nitrogens is 1. The maximum Gasteiger partial charge on any atom is 0.309 e. The zero-order chi connectivity index (χ0) is 24.7. The Bertz CT molecular complexity index is 1400. The summed E-state index contributed by atoms with van der Waals surface area (Å²) in [5, 5.41) is 25.3. The second kappa shape index (κ2) is 8.83. The van der Waals surface area contributed by atoms with Gasteiger partial charge in [-0.15, -0.1) is 0 Å². The third kappa shape index (κ3) is 4.17. The van der Waals surface area contributed by atoms with Gasteiger partial charge in [0.25, 0.3) is 0 Å². The minimum atomic E-state index is -1.45. The fraction of sp³-hybridized carbons (Fsp3) is 0.222. The fourth-order valence-corrected chi connectivity index (χ4v) is 5.01. The molecule has 1 atom stereocenters. The second-order valence-electron chi connectivity index (χ2n) is 8.88. The molecule has 1 unspecified atom stereocenters. The minimum absolute atomic E-state index is 0.209. The van der Waals surface area contributed by atoms with Crippen molar-refractivity contribution < 1.29 is 19.4 Å². The Labute approximate surface area is 207 Å². The molecular weight excluding hydrogens is 466 g/mol. The van der Waals surface area contributed by atoms with Crippen LogP contribution in [-0.2, 0) is 28.0 Å². The topological polar surface area (TPSA) is 112 Å². The van der Waals surface area contributed by atoms with Crippen molar-refractivity contribution >= 4 is 34.5 Å². The van der Waals surface area contributed by atoms with Gasteiger partial charge in [-0.1, -0.05) is 35.9 Å². The molecule has 8 heteroatoms. The van der Waals surface area contributed by atoms with Gasteiger partial charge in [-0.25, -0.2) is 0 Å². The van der Waals surface area contributed by atoms with E-state index in [1.807, 2.05) is 30.3 Å². The Morgan fingerprint density at radius 3 is 2.74 bits per heavy atom. The van der Waals surface area contributed by atoms with Gasteiger partial charge in [0.1, 0.15) is 0 Å². The number of aliphatic imine (C=N–C) groups is 1. The number of rotatable bonds is 5. The number of fused-ring (bicyclic) bond motifs is 1. The quantitative estimate of drug-likeness (QED) is 0.244. The molecule has 7 nitrogen and oxygen atoms in total. The first kappa shape index (κ1) is 23.1. The molecule has 1 aliphatic carbocycles. The predicted molar refractivity (Wildman–Crippen MR) is 135 cm³/mol. The molecule has 0 amide bonds. The highest BCUT2D eigenvalue weighted by molar-refractivity contribution is 6.31. The number of carbonyl (C=O) groups excluding carboxylic acids is 1. The van der Waals surface area contributed by atoms with E-state index in [9.17, 15) is 15.1 Å². The number of anilines is 1. The number of hydrogen-bond acceptors (Lipinski definition) is 6. The lowest BCUT2D eigenvalue weighted by Gasteiger charge is -2.23. The number of nitrogens with zero attached hydrogens (tertiary/aromatic N) is 2. The molecule has 1 aliphatic heterocycles. The lowest BCUT2D eigenvalue weighted by molar-refractivity contribution is -0.619. The number of ether oxygens (including phenoxy) is 1. The van der Waals surface area contributed by atoms with Crippen LogP contribution in [-0.4, -0.2) is 23.9 Å². The molecule has 0 radical (unpaired) electrons. The number of aliphatic hydroxyl groups is 1. The normalized spacial score (nSPS) is 18.7. The first-order chi connectivity index (χ1) is 16.8. The number of aryl methyl sites for hydroxylation is 1. The lowest BCUT2D eigenvalue weighted by atomic mass is 9.89. The van der Waals surface area contributed by atoms with E-state index in [-0.39, 0.29) is 12.4 Å². The van der Waals surface area contributed by atoms with Gasteiger partial charge in [0.15, 0.2) is 11.8 Å². The van der Waals surface area contributed by atoms with Crippen molar-refractivity contribution in [1.82, 2.24) is 0 Å². The summed E-state index contributed by atoms with van der Waals surface area (Å²) in [5.41, 5.74) is 10.9. The number of nitrogens with two attached hydrogens (primary N) is 1. The van der Waals surface area contributed by atoms with Gasteiger partial charge in [-0.3, -0.25) is 9.79 Å². The van der Waals surface area contributed by atoms with E-state index in [1.165, 1.54) is 13.3 Å². The van der Waals surface area contributed by atoms with Crippen LogP contribution >= 0.6 is 11.6 Å².